The summed E-state index contributed by atoms with van der Waals surface area (Å²) < 4.78 is 0. The van der Waals surface area contributed by atoms with Crippen LogP contribution in [0.15, 0.2) is 24.3 Å². The van der Waals surface area contributed by atoms with Crippen LogP contribution in [0.1, 0.15) is 45.2 Å². The summed E-state index contributed by atoms with van der Waals surface area (Å²) in [5, 5.41) is 9.28. The fourth-order valence-corrected chi connectivity index (χ4v) is 1.64. The molecule has 1 atom stereocenters. The van der Waals surface area contributed by atoms with Gasteiger partial charge in [0.15, 0.2) is 0 Å². The number of hydrogen-bond donors (Lipinski definition) is 1. The number of benzene rings is 1. The van der Waals surface area contributed by atoms with Crippen molar-refractivity contribution in [2.75, 3.05) is 0 Å². The van der Waals surface area contributed by atoms with Crippen LogP contribution in [-0.4, -0.2) is 11.2 Å². The Hall–Kier alpha value is -0.820. The van der Waals surface area contributed by atoms with Crippen molar-refractivity contribution >= 4 is 0 Å². The molecule has 0 heterocycles. The van der Waals surface area contributed by atoms with Gasteiger partial charge >= 0.3 is 0 Å². The molecule has 1 rings (SSSR count). The van der Waals surface area contributed by atoms with Crippen molar-refractivity contribution in [3.8, 4) is 0 Å². The molecule has 0 saturated carbocycles. The van der Waals surface area contributed by atoms with Crippen molar-refractivity contribution in [3.05, 3.63) is 35.4 Å². The van der Waals surface area contributed by atoms with Crippen LogP contribution in [0.25, 0.3) is 0 Å². The summed E-state index contributed by atoms with van der Waals surface area (Å²) in [5.41, 5.74) is 2.84. The van der Waals surface area contributed by atoms with Gasteiger partial charge in [0.1, 0.15) is 0 Å². The van der Waals surface area contributed by atoms with E-state index in [1.807, 2.05) is 6.92 Å². The molecule has 0 aromatic heterocycles. The summed E-state index contributed by atoms with van der Waals surface area (Å²) in [4.78, 5) is 0. The predicted octanol–water partition coefficient (Wildman–Crippen LogP) is 3.30. The van der Waals surface area contributed by atoms with E-state index in [1.54, 1.807) is 0 Å². The molecule has 0 aliphatic carbocycles. The summed E-state index contributed by atoms with van der Waals surface area (Å²) in [6.07, 6.45) is 1.63. The van der Waals surface area contributed by atoms with Crippen molar-refractivity contribution in [1.82, 2.24) is 0 Å². The Morgan fingerprint density at radius 1 is 1.20 bits per heavy atom. The molecule has 0 aliphatic heterocycles. The highest BCUT2D eigenvalue weighted by molar-refractivity contribution is 5.28. The number of aliphatic hydroxyl groups excluding tert-OH is 1. The third kappa shape index (κ3) is 3.35. The Morgan fingerprint density at radius 3 is 2.13 bits per heavy atom. The lowest BCUT2D eigenvalue weighted by Gasteiger charge is -2.23. The van der Waals surface area contributed by atoms with Gasteiger partial charge in [0, 0.05) is 0 Å². The molecule has 0 saturated heterocycles. The van der Waals surface area contributed by atoms with Gasteiger partial charge in [0.2, 0.25) is 0 Å². The van der Waals surface area contributed by atoms with E-state index in [-0.39, 0.29) is 11.5 Å². The summed E-state index contributed by atoms with van der Waals surface area (Å²) in [6, 6.07) is 8.61. The number of aliphatic hydroxyl groups is 1. The Bertz CT molecular complexity index is 296. The standard InChI is InChI=1S/C14H22O/c1-5-14(3,4)13-8-6-12(7-9-13)10-11(2)15/h6-9,11,15H,5,10H2,1-4H3. The van der Waals surface area contributed by atoms with E-state index in [0.29, 0.717) is 0 Å². The SMILES string of the molecule is CCC(C)(C)c1ccc(CC(C)O)cc1. The highest BCUT2D eigenvalue weighted by Crippen LogP contribution is 2.26. The lowest BCUT2D eigenvalue weighted by Crippen LogP contribution is -2.15. The molecule has 1 N–H and O–H groups in total. The van der Waals surface area contributed by atoms with Crippen molar-refractivity contribution in [2.45, 2.75) is 52.1 Å². The molecular weight excluding hydrogens is 184 g/mol. The first-order valence-corrected chi connectivity index (χ1v) is 5.73. The summed E-state index contributed by atoms with van der Waals surface area (Å²) in [7, 11) is 0. The zero-order chi connectivity index (χ0) is 11.5. The average molecular weight is 206 g/mol. The summed E-state index contributed by atoms with van der Waals surface area (Å²) >= 11 is 0. The third-order valence-electron chi connectivity index (χ3n) is 3.15. The minimum absolute atomic E-state index is 0.253. The quantitative estimate of drug-likeness (QED) is 0.801. The topological polar surface area (TPSA) is 20.2 Å². The van der Waals surface area contributed by atoms with Crippen molar-refractivity contribution in [3.63, 3.8) is 0 Å². The van der Waals surface area contributed by atoms with Crippen LogP contribution in [0, 0.1) is 0 Å². The van der Waals surface area contributed by atoms with Crippen LogP contribution in [0.3, 0.4) is 0 Å². The van der Waals surface area contributed by atoms with Gasteiger partial charge in [-0.05, 0) is 36.3 Å². The first kappa shape index (κ1) is 12.3. The Morgan fingerprint density at radius 2 is 1.73 bits per heavy atom. The van der Waals surface area contributed by atoms with Crippen LogP contribution >= 0.6 is 0 Å². The maximum atomic E-state index is 9.28. The summed E-state index contributed by atoms with van der Waals surface area (Å²) in [5.74, 6) is 0. The second-order valence-electron chi connectivity index (χ2n) is 4.99. The normalized spacial score (nSPS) is 13.9. The van der Waals surface area contributed by atoms with Crippen LogP contribution in [-0.2, 0) is 11.8 Å². The minimum Gasteiger partial charge on any atom is -0.393 e. The van der Waals surface area contributed by atoms with Crippen LogP contribution in [0.2, 0.25) is 0 Å². The van der Waals surface area contributed by atoms with Crippen molar-refractivity contribution in [2.24, 2.45) is 0 Å². The highest BCUT2D eigenvalue weighted by atomic mass is 16.3. The second kappa shape index (κ2) is 4.80. The van der Waals surface area contributed by atoms with Gasteiger partial charge in [-0.1, -0.05) is 45.0 Å². The first-order chi connectivity index (χ1) is 6.95. The number of rotatable bonds is 4. The predicted molar refractivity (Wildman–Crippen MR) is 65.1 cm³/mol. The maximum Gasteiger partial charge on any atom is 0.0552 e. The fourth-order valence-electron chi connectivity index (χ4n) is 1.64. The van der Waals surface area contributed by atoms with Gasteiger partial charge < -0.3 is 5.11 Å². The van der Waals surface area contributed by atoms with Crippen molar-refractivity contribution < 1.29 is 5.11 Å². The van der Waals surface area contributed by atoms with Gasteiger partial charge in [-0.3, -0.25) is 0 Å². The molecule has 84 valence electrons. The van der Waals surface area contributed by atoms with E-state index >= 15 is 0 Å². The van der Waals surface area contributed by atoms with Gasteiger partial charge in [-0.2, -0.15) is 0 Å². The lowest BCUT2D eigenvalue weighted by molar-refractivity contribution is 0.195. The van der Waals surface area contributed by atoms with E-state index in [4.69, 9.17) is 0 Å². The van der Waals surface area contributed by atoms with Gasteiger partial charge in [0.25, 0.3) is 0 Å². The smallest absolute Gasteiger partial charge is 0.0552 e. The van der Waals surface area contributed by atoms with Gasteiger partial charge in [0.05, 0.1) is 6.10 Å². The molecule has 15 heavy (non-hydrogen) atoms. The zero-order valence-corrected chi connectivity index (χ0v) is 10.2. The highest BCUT2D eigenvalue weighted by Gasteiger charge is 2.17. The Labute approximate surface area is 93.1 Å². The van der Waals surface area contributed by atoms with Gasteiger partial charge in [-0.15, -0.1) is 0 Å². The fraction of sp³-hybridized carbons (Fsp3) is 0.571. The molecule has 0 spiro atoms. The molecule has 1 aromatic rings. The second-order valence-corrected chi connectivity index (χ2v) is 4.99. The molecule has 1 unspecified atom stereocenters. The molecule has 0 bridgehead atoms. The molecule has 1 nitrogen and oxygen atoms in total. The number of hydrogen-bond acceptors (Lipinski definition) is 1. The van der Waals surface area contributed by atoms with E-state index in [1.165, 1.54) is 11.1 Å². The minimum atomic E-state index is -0.255. The molecule has 1 aromatic carbocycles. The van der Waals surface area contributed by atoms with Crippen LogP contribution in [0.5, 0.6) is 0 Å². The Kier molecular flexibility index (Phi) is 3.92. The molecular formula is C14H22O. The van der Waals surface area contributed by atoms with E-state index in [2.05, 4.69) is 45.0 Å². The molecule has 0 fully saturated rings. The lowest BCUT2D eigenvalue weighted by atomic mass is 9.82. The monoisotopic (exact) mass is 206 g/mol. The molecule has 1 heteroatoms. The first-order valence-electron chi connectivity index (χ1n) is 5.73. The maximum absolute atomic E-state index is 9.28. The van der Waals surface area contributed by atoms with Crippen LogP contribution in [0.4, 0.5) is 0 Å². The third-order valence-corrected chi connectivity index (χ3v) is 3.15. The van der Waals surface area contributed by atoms with E-state index in [0.717, 1.165) is 12.8 Å². The molecule has 0 amide bonds. The van der Waals surface area contributed by atoms with Crippen LogP contribution < -0.4 is 0 Å². The van der Waals surface area contributed by atoms with E-state index in [9.17, 15) is 5.11 Å². The van der Waals surface area contributed by atoms with Crippen molar-refractivity contribution in [1.29, 1.82) is 0 Å². The average Bonchev–Trinajstić information content (AvgIpc) is 2.18. The largest absolute Gasteiger partial charge is 0.393 e. The van der Waals surface area contributed by atoms with E-state index < -0.39 is 0 Å². The molecule has 0 aliphatic rings. The summed E-state index contributed by atoms with van der Waals surface area (Å²) in [6.45, 7) is 8.56. The Balaban J connectivity index is 2.81. The van der Waals surface area contributed by atoms with Gasteiger partial charge in [-0.25, -0.2) is 0 Å². The zero-order valence-electron chi connectivity index (χ0n) is 10.2. The molecule has 0 radical (unpaired) electrons.